The minimum absolute atomic E-state index is 0.142. The SMILES string of the molecule is CCCCC(C)(C)c1occ(C)c1Br. The van der Waals surface area contributed by atoms with Gasteiger partial charge in [-0.05, 0) is 29.3 Å². The normalized spacial score (nSPS) is 12.1. The van der Waals surface area contributed by atoms with Gasteiger partial charge in [-0.15, -0.1) is 0 Å². The molecule has 0 bridgehead atoms. The second kappa shape index (κ2) is 4.52. The van der Waals surface area contributed by atoms with E-state index in [2.05, 4.69) is 43.6 Å². The number of furan rings is 1. The summed E-state index contributed by atoms with van der Waals surface area (Å²) in [6, 6.07) is 0. The standard InChI is InChI=1S/C12H19BrO/c1-5-6-7-12(3,4)11-10(13)9(2)8-14-11/h8H,5-7H2,1-4H3. The van der Waals surface area contributed by atoms with Crippen LogP contribution in [0.3, 0.4) is 0 Å². The molecule has 2 heteroatoms. The van der Waals surface area contributed by atoms with Gasteiger partial charge in [0.15, 0.2) is 0 Å². The van der Waals surface area contributed by atoms with Crippen molar-refractivity contribution in [1.82, 2.24) is 0 Å². The van der Waals surface area contributed by atoms with Crippen molar-refractivity contribution in [3.8, 4) is 0 Å². The lowest BCUT2D eigenvalue weighted by Gasteiger charge is -2.22. The van der Waals surface area contributed by atoms with E-state index in [9.17, 15) is 0 Å². The first-order chi connectivity index (χ1) is 6.49. The van der Waals surface area contributed by atoms with Crippen LogP contribution in [0.5, 0.6) is 0 Å². The van der Waals surface area contributed by atoms with Gasteiger partial charge in [0.1, 0.15) is 5.76 Å². The molecule has 0 saturated heterocycles. The van der Waals surface area contributed by atoms with E-state index in [0.29, 0.717) is 0 Å². The quantitative estimate of drug-likeness (QED) is 0.755. The van der Waals surface area contributed by atoms with Gasteiger partial charge in [-0.3, -0.25) is 0 Å². The van der Waals surface area contributed by atoms with E-state index >= 15 is 0 Å². The number of hydrogen-bond acceptors (Lipinski definition) is 1. The first-order valence-electron chi connectivity index (χ1n) is 5.23. The molecule has 0 saturated carbocycles. The van der Waals surface area contributed by atoms with Gasteiger partial charge >= 0.3 is 0 Å². The van der Waals surface area contributed by atoms with Crippen molar-refractivity contribution >= 4 is 15.9 Å². The van der Waals surface area contributed by atoms with Crippen molar-refractivity contribution in [2.75, 3.05) is 0 Å². The molecule has 1 heterocycles. The van der Waals surface area contributed by atoms with Crippen molar-refractivity contribution in [2.45, 2.75) is 52.4 Å². The molecule has 0 N–H and O–H groups in total. The molecule has 0 atom stereocenters. The molecule has 1 rings (SSSR count). The van der Waals surface area contributed by atoms with Crippen LogP contribution in [-0.4, -0.2) is 0 Å². The summed E-state index contributed by atoms with van der Waals surface area (Å²) in [4.78, 5) is 0. The zero-order valence-electron chi connectivity index (χ0n) is 9.48. The minimum atomic E-state index is 0.142. The number of aryl methyl sites for hydroxylation is 1. The van der Waals surface area contributed by atoms with Crippen molar-refractivity contribution < 1.29 is 4.42 Å². The van der Waals surface area contributed by atoms with E-state index in [1.807, 2.05) is 6.26 Å². The lowest BCUT2D eigenvalue weighted by atomic mass is 9.84. The molecule has 0 aliphatic heterocycles. The highest BCUT2D eigenvalue weighted by molar-refractivity contribution is 9.10. The Labute approximate surface area is 95.0 Å². The molecule has 0 aliphatic carbocycles. The van der Waals surface area contributed by atoms with Crippen LogP contribution in [0.2, 0.25) is 0 Å². The Morgan fingerprint density at radius 1 is 1.43 bits per heavy atom. The second-order valence-electron chi connectivity index (χ2n) is 4.55. The highest BCUT2D eigenvalue weighted by Crippen LogP contribution is 2.36. The summed E-state index contributed by atoms with van der Waals surface area (Å²) < 4.78 is 6.75. The molecule has 14 heavy (non-hydrogen) atoms. The maximum Gasteiger partial charge on any atom is 0.123 e. The van der Waals surface area contributed by atoms with Crippen LogP contribution in [0.4, 0.5) is 0 Å². The van der Waals surface area contributed by atoms with Crippen molar-refractivity contribution in [1.29, 1.82) is 0 Å². The first-order valence-corrected chi connectivity index (χ1v) is 6.02. The predicted octanol–water partition coefficient (Wildman–Crippen LogP) is 4.82. The molecule has 1 aromatic heterocycles. The second-order valence-corrected chi connectivity index (χ2v) is 5.34. The molecule has 1 aromatic rings. The molecule has 1 nitrogen and oxygen atoms in total. The summed E-state index contributed by atoms with van der Waals surface area (Å²) in [7, 11) is 0. The Kier molecular flexibility index (Phi) is 3.82. The fourth-order valence-electron chi connectivity index (χ4n) is 1.62. The predicted molar refractivity (Wildman–Crippen MR) is 63.7 cm³/mol. The van der Waals surface area contributed by atoms with Crippen LogP contribution in [0, 0.1) is 6.92 Å². The third kappa shape index (κ3) is 2.41. The lowest BCUT2D eigenvalue weighted by Crippen LogP contribution is -2.16. The van der Waals surface area contributed by atoms with Gasteiger partial charge in [0.05, 0.1) is 10.7 Å². The topological polar surface area (TPSA) is 13.1 Å². The molecule has 80 valence electrons. The van der Waals surface area contributed by atoms with Gasteiger partial charge in [0, 0.05) is 11.0 Å². The van der Waals surface area contributed by atoms with E-state index in [-0.39, 0.29) is 5.41 Å². The van der Waals surface area contributed by atoms with E-state index in [1.165, 1.54) is 24.8 Å². The average molecular weight is 259 g/mol. The van der Waals surface area contributed by atoms with Crippen LogP contribution in [0.25, 0.3) is 0 Å². The molecule has 0 fully saturated rings. The van der Waals surface area contributed by atoms with E-state index < -0.39 is 0 Å². The van der Waals surface area contributed by atoms with Crippen LogP contribution >= 0.6 is 15.9 Å². The molecule has 0 aromatic carbocycles. The van der Waals surface area contributed by atoms with Gasteiger partial charge in [-0.1, -0.05) is 33.6 Å². The van der Waals surface area contributed by atoms with Gasteiger partial charge < -0.3 is 4.42 Å². The molecule has 0 spiro atoms. The molecule has 0 radical (unpaired) electrons. The fraction of sp³-hybridized carbons (Fsp3) is 0.667. The summed E-state index contributed by atoms with van der Waals surface area (Å²) in [6.45, 7) is 8.77. The fourth-order valence-corrected chi connectivity index (χ4v) is 2.34. The van der Waals surface area contributed by atoms with Crippen molar-refractivity contribution in [3.63, 3.8) is 0 Å². The molecular weight excluding hydrogens is 240 g/mol. The molecule has 0 aliphatic rings. The van der Waals surface area contributed by atoms with Gasteiger partial charge in [0.25, 0.3) is 0 Å². The summed E-state index contributed by atoms with van der Waals surface area (Å²) in [5.74, 6) is 1.09. The Balaban J connectivity index is 2.86. The zero-order valence-corrected chi connectivity index (χ0v) is 11.1. The lowest BCUT2D eigenvalue weighted by molar-refractivity contribution is 0.353. The third-order valence-electron chi connectivity index (χ3n) is 2.67. The maximum absolute atomic E-state index is 5.61. The maximum atomic E-state index is 5.61. The van der Waals surface area contributed by atoms with Crippen LogP contribution in [0.15, 0.2) is 15.2 Å². The monoisotopic (exact) mass is 258 g/mol. The first kappa shape index (κ1) is 11.8. The summed E-state index contributed by atoms with van der Waals surface area (Å²) in [6.07, 6.45) is 5.49. The van der Waals surface area contributed by atoms with E-state index in [0.717, 1.165) is 10.2 Å². The summed E-state index contributed by atoms with van der Waals surface area (Å²) >= 11 is 3.58. The van der Waals surface area contributed by atoms with Crippen LogP contribution in [0.1, 0.15) is 51.4 Å². The number of rotatable bonds is 4. The number of unbranched alkanes of at least 4 members (excludes halogenated alkanes) is 1. The van der Waals surface area contributed by atoms with Crippen LogP contribution < -0.4 is 0 Å². The van der Waals surface area contributed by atoms with Gasteiger partial charge in [-0.2, -0.15) is 0 Å². The summed E-state index contributed by atoms with van der Waals surface area (Å²) in [5, 5.41) is 0. The van der Waals surface area contributed by atoms with Gasteiger partial charge in [-0.25, -0.2) is 0 Å². The Bertz CT molecular complexity index is 299. The molecular formula is C12H19BrO. The average Bonchev–Trinajstić information content (AvgIpc) is 2.45. The molecule has 0 unspecified atom stereocenters. The van der Waals surface area contributed by atoms with E-state index in [4.69, 9.17) is 4.42 Å². The summed E-state index contributed by atoms with van der Waals surface area (Å²) in [5.41, 5.74) is 1.33. The van der Waals surface area contributed by atoms with Gasteiger partial charge in [0.2, 0.25) is 0 Å². The Morgan fingerprint density at radius 2 is 2.07 bits per heavy atom. The highest BCUT2D eigenvalue weighted by atomic mass is 79.9. The van der Waals surface area contributed by atoms with Crippen molar-refractivity contribution in [2.24, 2.45) is 0 Å². The Hall–Kier alpha value is -0.240. The molecule has 0 amide bonds. The number of halogens is 1. The number of hydrogen-bond donors (Lipinski definition) is 0. The zero-order chi connectivity index (χ0) is 10.8. The largest absolute Gasteiger partial charge is 0.467 e. The smallest absolute Gasteiger partial charge is 0.123 e. The highest BCUT2D eigenvalue weighted by Gasteiger charge is 2.26. The minimum Gasteiger partial charge on any atom is -0.467 e. The van der Waals surface area contributed by atoms with Crippen LogP contribution in [-0.2, 0) is 5.41 Å². The third-order valence-corrected chi connectivity index (χ3v) is 3.65. The van der Waals surface area contributed by atoms with E-state index in [1.54, 1.807) is 0 Å². The van der Waals surface area contributed by atoms with Crippen molar-refractivity contribution in [3.05, 3.63) is 22.1 Å². The Morgan fingerprint density at radius 3 is 2.50 bits per heavy atom.